The summed E-state index contributed by atoms with van der Waals surface area (Å²) in [5.74, 6) is 0.789. The Balaban J connectivity index is 1.26. The van der Waals surface area contributed by atoms with Crippen molar-refractivity contribution in [3.63, 3.8) is 0 Å². The summed E-state index contributed by atoms with van der Waals surface area (Å²) in [5.41, 5.74) is 3.58. The quantitative estimate of drug-likeness (QED) is 0.721. The van der Waals surface area contributed by atoms with E-state index in [4.69, 9.17) is 4.74 Å². The van der Waals surface area contributed by atoms with Gasteiger partial charge in [0.1, 0.15) is 0 Å². The molecule has 3 fully saturated rings. The van der Waals surface area contributed by atoms with Gasteiger partial charge in [-0.15, -0.1) is 0 Å². The molecule has 1 saturated heterocycles. The Labute approximate surface area is 196 Å². The van der Waals surface area contributed by atoms with Crippen LogP contribution in [0.3, 0.4) is 0 Å². The van der Waals surface area contributed by atoms with Crippen molar-refractivity contribution in [1.29, 1.82) is 0 Å². The summed E-state index contributed by atoms with van der Waals surface area (Å²) in [7, 11) is -1.58. The largest absolute Gasteiger partial charge is 0.377 e. The molecule has 2 aliphatic carbocycles. The number of hydrogen-bond acceptors (Lipinski definition) is 4. The summed E-state index contributed by atoms with van der Waals surface area (Å²) in [6, 6.07) is 5.46. The number of nitrogens with one attached hydrogen (secondary N) is 1. The van der Waals surface area contributed by atoms with Crippen molar-refractivity contribution in [2.75, 3.05) is 19.8 Å². The molecule has 1 aliphatic heterocycles. The van der Waals surface area contributed by atoms with Gasteiger partial charge in [-0.25, -0.2) is 13.1 Å². The highest BCUT2D eigenvalue weighted by Gasteiger charge is 2.34. The number of fused-ring (bicyclic) bond motifs is 1. The molecule has 2 saturated carbocycles. The van der Waals surface area contributed by atoms with Crippen LogP contribution in [0.5, 0.6) is 0 Å². The average Bonchev–Trinajstić information content (AvgIpc) is 3.60. The van der Waals surface area contributed by atoms with Crippen molar-refractivity contribution in [1.82, 2.24) is 14.2 Å². The zero-order valence-electron chi connectivity index (χ0n) is 19.8. The molecular formula is C25H35N3O4S. The number of benzene rings is 1. The number of hydrogen-bond donors (Lipinski definition) is 1. The molecule has 0 radical (unpaired) electrons. The van der Waals surface area contributed by atoms with E-state index in [0.29, 0.717) is 43.4 Å². The summed E-state index contributed by atoms with van der Waals surface area (Å²) in [6.45, 7) is 6.00. The first-order valence-electron chi connectivity index (χ1n) is 12.3. The summed E-state index contributed by atoms with van der Waals surface area (Å²) >= 11 is 0. The number of sulfonamides is 1. The van der Waals surface area contributed by atoms with Crippen LogP contribution in [-0.4, -0.2) is 55.6 Å². The second kappa shape index (κ2) is 8.71. The van der Waals surface area contributed by atoms with Gasteiger partial charge in [0.15, 0.2) is 0 Å². The van der Waals surface area contributed by atoms with Crippen molar-refractivity contribution in [3.8, 4) is 0 Å². The highest BCUT2D eigenvalue weighted by molar-refractivity contribution is 7.89. The van der Waals surface area contributed by atoms with E-state index in [1.165, 1.54) is 24.1 Å². The molecule has 1 N–H and O–H groups in total. The van der Waals surface area contributed by atoms with Crippen LogP contribution in [-0.2, 0) is 26.6 Å². The second-order valence-corrected chi connectivity index (χ2v) is 11.9. The number of rotatable bonds is 5. The smallest absolute Gasteiger partial charge is 0.240 e. The molecule has 2 aromatic rings. The molecule has 1 aromatic carbocycles. The van der Waals surface area contributed by atoms with E-state index in [1.807, 2.05) is 31.0 Å². The third-order valence-corrected chi connectivity index (χ3v) is 9.32. The van der Waals surface area contributed by atoms with E-state index in [2.05, 4.69) is 16.2 Å². The van der Waals surface area contributed by atoms with Gasteiger partial charge in [-0.3, -0.25) is 4.79 Å². The first-order chi connectivity index (χ1) is 15.8. The van der Waals surface area contributed by atoms with Gasteiger partial charge in [0, 0.05) is 42.1 Å². The van der Waals surface area contributed by atoms with E-state index in [9.17, 15) is 13.2 Å². The Bertz CT molecular complexity index is 1160. The number of aryl methyl sites for hydroxylation is 2. The molecule has 0 unspecified atom stereocenters. The van der Waals surface area contributed by atoms with Gasteiger partial charge in [-0.1, -0.05) is 6.07 Å². The topological polar surface area (TPSA) is 80.6 Å². The number of nitrogens with zero attached hydrogens (tertiary/aromatic N) is 2. The third-order valence-electron chi connectivity index (χ3n) is 7.80. The fourth-order valence-corrected chi connectivity index (χ4v) is 7.09. The highest BCUT2D eigenvalue weighted by atomic mass is 32.2. The number of ether oxygens (including phenoxy) is 1. The Hall–Kier alpha value is -1.90. The van der Waals surface area contributed by atoms with E-state index >= 15 is 0 Å². The average molecular weight is 474 g/mol. The molecule has 5 rings (SSSR count). The lowest BCUT2D eigenvalue weighted by atomic mass is 9.85. The predicted octanol–water partition coefficient (Wildman–Crippen LogP) is 3.45. The Morgan fingerprint density at radius 3 is 2.52 bits per heavy atom. The van der Waals surface area contributed by atoms with Gasteiger partial charge in [0.25, 0.3) is 0 Å². The summed E-state index contributed by atoms with van der Waals surface area (Å²) in [4.78, 5) is 15.2. The van der Waals surface area contributed by atoms with Crippen LogP contribution in [0.15, 0.2) is 23.1 Å². The molecule has 7 nitrogen and oxygen atoms in total. The van der Waals surface area contributed by atoms with Crippen LogP contribution >= 0.6 is 0 Å². The maximum atomic E-state index is 13.2. The minimum Gasteiger partial charge on any atom is -0.377 e. The fraction of sp³-hybridized carbons (Fsp3) is 0.640. The summed E-state index contributed by atoms with van der Waals surface area (Å²) < 4.78 is 36.9. The minimum atomic E-state index is -3.62. The first kappa shape index (κ1) is 22.9. The number of aromatic nitrogens is 1. The van der Waals surface area contributed by atoms with Crippen LogP contribution < -0.4 is 4.72 Å². The van der Waals surface area contributed by atoms with Gasteiger partial charge < -0.3 is 14.2 Å². The maximum Gasteiger partial charge on any atom is 0.240 e. The second-order valence-electron chi connectivity index (χ2n) is 10.1. The lowest BCUT2D eigenvalue weighted by molar-refractivity contribution is -0.144. The van der Waals surface area contributed by atoms with E-state index in [0.717, 1.165) is 23.7 Å². The summed E-state index contributed by atoms with van der Waals surface area (Å²) in [6.07, 6.45) is 5.24. The predicted molar refractivity (Wildman–Crippen MR) is 128 cm³/mol. The maximum absolute atomic E-state index is 13.2. The molecule has 2 heterocycles. The SMILES string of the molecule is Cc1c(C2CC2)n(C)c2cc(S(=O)(=O)NC3CCC(C(=O)N4CCOC[C@@H]4C)CC3)ccc12. The van der Waals surface area contributed by atoms with Gasteiger partial charge in [0.05, 0.1) is 24.2 Å². The summed E-state index contributed by atoms with van der Waals surface area (Å²) in [5, 5.41) is 1.13. The van der Waals surface area contributed by atoms with Gasteiger partial charge in [-0.05, 0) is 76.0 Å². The molecule has 1 atom stereocenters. The van der Waals surface area contributed by atoms with Crippen molar-refractivity contribution in [2.24, 2.45) is 13.0 Å². The molecular weight excluding hydrogens is 438 g/mol. The molecule has 0 bridgehead atoms. The van der Waals surface area contributed by atoms with Crippen LogP contribution in [0.4, 0.5) is 0 Å². The Morgan fingerprint density at radius 1 is 1.12 bits per heavy atom. The third kappa shape index (κ3) is 4.33. The van der Waals surface area contributed by atoms with Crippen molar-refractivity contribution < 1.29 is 17.9 Å². The normalized spacial score (nSPS) is 26.6. The standard InChI is InChI=1S/C25H35N3O4S/c1-16-15-32-13-12-28(16)25(29)19-6-8-20(9-7-19)26-33(30,31)21-10-11-22-17(2)24(18-4-5-18)27(3)23(22)14-21/h10-11,14,16,18-20,26H,4-9,12-13,15H2,1-3H3/t16-,19?,20?/m0/s1. The van der Waals surface area contributed by atoms with E-state index in [1.54, 1.807) is 6.07 Å². The molecule has 1 amide bonds. The Kier molecular flexibility index (Phi) is 6.04. The molecule has 1 aromatic heterocycles. The Morgan fingerprint density at radius 2 is 1.85 bits per heavy atom. The first-order valence-corrected chi connectivity index (χ1v) is 13.7. The molecule has 0 spiro atoms. The highest BCUT2D eigenvalue weighted by Crippen LogP contribution is 2.44. The lowest BCUT2D eigenvalue weighted by Gasteiger charge is -2.37. The lowest BCUT2D eigenvalue weighted by Crippen LogP contribution is -2.50. The fourth-order valence-electron chi connectivity index (χ4n) is 5.76. The van der Waals surface area contributed by atoms with Gasteiger partial charge in [0.2, 0.25) is 15.9 Å². The zero-order valence-corrected chi connectivity index (χ0v) is 20.7. The molecule has 33 heavy (non-hydrogen) atoms. The van der Waals surface area contributed by atoms with Gasteiger partial charge >= 0.3 is 0 Å². The van der Waals surface area contributed by atoms with Crippen molar-refractivity contribution >= 4 is 26.8 Å². The zero-order chi connectivity index (χ0) is 23.3. The molecule has 8 heteroatoms. The van der Waals surface area contributed by atoms with Crippen molar-refractivity contribution in [3.05, 3.63) is 29.5 Å². The number of carbonyl (C=O) groups is 1. The van der Waals surface area contributed by atoms with Crippen molar-refractivity contribution in [2.45, 2.75) is 75.3 Å². The molecule has 180 valence electrons. The number of morpholine rings is 1. The minimum absolute atomic E-state index is 0.0187. The number of amides is 1. The monoisotopic (exact) mass is 473 g/mol. The van der Waals surface area contributed by atoms with E-state index in [-0.39, 0.29) is 23.9 Å². The molecule has 3 aliphatic rings. The van der Waals surface area contributed by atoms with Crippen LogP contribution in [0.1, 0.15) is 62.6 Å². The van der Waals surface area contributed by atoms with Crippen LogP contribution in [0, 0.1) is 12.8 Å². The van der Waals surface area contributed by atoms with Gasteiger partial charge in [-0.2, -0.15) is 0 Å². The van der Waals surface area contributed by atoms with Crippen LogP contribution in [0.2, 0.25) is 0 Å². The number of carbonyl (C=O) groups excluding carboxylic acids is 1. The van der Waals surface area contributed by atoms with E-state index < -0.39 is 10.0 Å². The van der Waals surface area contributed by atoms with Crippen LogP contribution in [0.25, 0.3) is 10.9 Å².